The summed E-state index contributed by atoms with van der Waals surface area (Å²) in [6, 6.07) is 16.0. The van der Waals surface area contributed by atoms with Crippen molar-refractivity contribution in [3.63, 3.8) is 0 Å². The molecule has 1 unspecified atom stereocenters. The van der Waals surface area contributed by atoms with Crippen molar-refractivity contribution >= 4 is 17.8 Å². The summed E-state index contributed by atoms with van der Waals surface area (Å²) < 4.78 is 11.1. The van der Waals surface area contributed by atoms with Crippen molar-refractivity contribution in [1.82, 2.24) is 10.2 Å². The lowest BCUT2D eigenvalue weighted by atomic mass is 10.1. The second kappa shape index (κ2) is 11.3. The van der Waals surface area contributed by atoms with Crippen LogP contribution in [0.15, 0.2) is 54.6 Å². The molecule has 2 aromatic carbocycles. The first-order valence-electron chi connectivity index (χ1n) is 11.0. The zero-order chi connectivity index (χ0) is 22.9. The van der Waals surface area contributed by atoms with Gasteiger partial charge in [-0.15, -0.1) is 0 Å². The van der Waals surface area contributed by atoms with E-state index in [2.05, 4.69) is 5.32 Å². The number of esters is 1. The summed E-state index contributed by atoms with van der Waals surface area (Å²) in [4.78, 5) is 39.5. The van der Waals surface area contributed by atoms with E-state index in [0.29, 0.717) is 37.4 Å². The maximum Gasteiger partial charge on any atom is 0.308 e. The first-order valence-corrected chi connectivity index (χ1v) is 11.0. The largest absolute Gasteiger partial charge is 0.492 e. The molecule has 1 N–H and O–H groups in total. The quantitative estimate of drug-likeness (QED) is 0.609. The summed E-state index contributed by atoms with van der Waals surface area (Å²) >= 11 is 0. The summed E-state index contributed by atoms with van der Waals surface area (Å²) in [6.45, 7) is 5.21. The van der Waals surface area contributed by atoms with Crippen LogP contribution in [0.5, 0.6) is 5.75 Å². The van der Waals surface area contributed by atoms with Crippen LogP contribution < -0.4 is 10.1 Å². The molecule has 0 saturated carbocycles. The molecule has 170 valence electrons. The van der Waals surface area contributed by atoms with E-state index in [4.69, 9.17) is 9.47 Å². The number of para-hydroxylation sites is 1. The number of hydrogen-bond donors (Lipinski definition) is 1. The van der Waals surface area contributed by atoms with Crippen LogP contribution in [0, 0.1) is 5.92 Å². The van der Waals surface area contributed by atoms with E-state index in [1.807, 2.05) is 44.2 Å². The molecule has 0 bridgehead atoms. The Bertz CT molecular complexity index is 929. The van der Waals surface area contributed by atoms with E-state index in [9.17, 15) is 14.4 Å². The molecule has 0 spiro atoms. The molecule has 32 heavy (non-hydrogen) atoms. The van der Waals surface area contributed by atoms with Gasteiger partial charge in [-0.25, -0.2) is 0 Å². The van der Waals surface area contributed by atoms with Crippen LogP contribution in [0.1, 0.15) is 36.2 Å². The van der Waals surface area contributed by atoms with Crippen LogP contribution in [0.25, 0.3) is 0 Å². The van der Waals surface area contributed by atoms with E-state index in [1.54, 1.807) is 24.3 Å². The minimum Gasteiger partial charge on any atom is -0.492 e. The standard InChI is InChI=1S/C25H30N2O5/c1-18(2)17-32-23(28)16-21-24(29)26-13-14-27(21)25(30)20-10-6-7-11-22(20)31-15-12-19-8-4-3-5-9-19/h3-11,18,21H,12-17H2,1-2H3,(H,26,29). The van der Waals surface area contributed by atoms with E-state index in [-0.39, 0.29) is 30.8 Å². The van der Waals surface area contributed by atoms with Gasteiger partial charge in [0, 0.05) is 19.5 Å². The molecule has 3 rings (SSSR count). The van der Waals surface area contributed by atoms with Gasteiger partial charge in [0.05, 0.1) is 25.2 Å². The van der Waals surface area contributed by atoms with E-state index in [1.165, 1.54) is 4.90 Å². The monoisotopic (exact) mass is 438 g/mol. The van der Waals surface area contributed by atoms with Crippen LogP contribution in [0.4, 0.5) is 0 Å². The molecule has 1 heterocycles. The second-order valence-corrected chi connectivity index (χ2v) is 8.17. The molecule has 1 fully saturated rings. The van der Waals surface area contributed by atoms with Crippen molar-refractivity contribution in [2.75, 3.05) is 26.3 Å². The number of carbonyl (C=O) groups is 3. The van der Waals surface area contributed by atoms with Gasteiger partial charge in [0.15, 0.2) is 0 Å². The van der Waals surface area contributed by atoms with Crippen molar-refractivity contribution in [2.45, 2.75) is 32.7 Å². The lowest BCUT2D eigenvalue weighted by Crippen LogP contribution is -2.57. The first kappa shape index (κ1) is 23.3. The highest BCUT2D eigenvalue weighted by molar-refractivity contribution is 6.01. The molecule has 1 atom stereocenters. The molecule has 0 aromatic heterocycles. The lowest BCUT2D eigenvalue weighted by Gasteiger charge is -2.35. The van der Waals surface area contributed by atoms with Crippen LogP contribution in [-0.4, -0.2) is 55.0 Å². The van der Waals surface area contributed by atoms with Gasteiger partial charge in [-0.05, 0) is 23.6 Å². The van der Waals surface area contributed by atoms with E-state index >= 15 is 0 Å². The fraction of sp³-hybridized carbons (Fsp3) is 0.400. The molecule has 7 nitrogen and oxygen atoms in total. The van der Waals surface area contributed by atoms with Crippen molar-refractivity contribution in [3.05, 3.63) is 65.7 Å². The maximum absolute atomic E-state index is 13.4. The van der Waals surface area contributed by atoms with E-state index < -0.39 is 12.0 Å². The van der Waals surface area contributed by atoms with Crippen LogP contribution in [0.2, 0.25) is 0 Å². The molecule has 0 aliphatic carbocycles. The number of rotatable bonds is 9. The number of amides is 2. The average Bonchev–Trinajstić information content (AvgIpc) is 2.79. The van der Waals surface area contributed by atoms with E-state index in [0.717, 1.165) is 5.56 Å². The fourth-order valence-electron chi connectivity index (χ4n) is 3.48. The molecular weight excluding hydrogens is 408 g/mol. The second-order valence-electron chi connectivity index (χ2n) is 8.17. The molecule has 1 saturated heterocycles. The predicted octanol–water partition coefficient (Wildman–Crippen LogP) is 2.84. The molecule has 2 aromatic rings. The highest BCUT2D eigenvalue weighted by atomic mass is 16.5. The molecular formula is C25H30N2O5. The molecule has 1 aliphatic rings. The van der Waals surface area contributed by atoms with Crippen molar-refractivity contribution in [1.29, 1.82) is 0 Å². The van der Waals surface area contributed by atoms with Gasteiger partial charge in [0.25, 0.3) is 5.91 Å². The van der Waals surface area contributed by atoms with Gasteiger partial charge >= 0.3 is 5.97 Å². The Morgan fingerprint density at radius 1 is 1.09 bits per heavy atom. The zero-order valence-electron chi connectivity index (χ0n) is 18.6. The highest BCUT2D eigenvalue weighted by Crippen LogP contribution is 2.23. The minimum atomic E-state index is -0.909. The summed E-state index contributed by atoms with van der Waals surface area (Å²) in [5.41, 5.74) is 1.51. The number of ether oxygens (including phenoxy) is 2. The number of hydrogen-bond acceptors (Lipinski definition) is 5. The Morgan fingerprint density at radius 2 is 1.81 bits per heavy atom. The van der Waals surface area contributed by atoms with Crippen LogP contribution >= 0.6 is 0 Å². The number of benzene rings is 2. The lowest BCUT2D eigenvalue weighted by molar-refractivity contribution is -0.148. The van der Waals surface area contributed by atoms with Gasteiger partial charge in [-0.2, -0.15) is 0 Å². The van der Waals surface area contributed by atoms with Gasteiger partial charge in [-0.3, -0.25) is 14.4 Å². The summed E-state index contributed by atoms with van der Waals surface area (Å²) in [5.74, 6) is -0.534. The number of carbonyl (C=O) groups excluding carboxylic acids is 3. The third-order valence-electron chi connectivity index (χ3n) is 5.14. The topological polar surface area (TPSA) is 84.9 Å². The van der Waals surface area contributed by atoms with Gasteiger partial charge in [0.1, 0.15) is 11.8 Å². The number of nitrogens with one attached hydrogen (secondary N) is 1. The highest BCUT2D eigenvalue weighted by Gasteiger charge is 2.36. The van der Waals surface area contributed by atoms with Crippen LogP contribution in [0.3, 0.4) is 0 Å². The number of piperazine rings is 1. The zero-order valence-corrected chi connectivity index (χ0v) is 18.6. The molecule has 7 heteroatoms. The summed E-state index contributed by atoms with van der Waals surface area (Å²) in [6.07, 6.45) is 0.529. The Labute approximate surface area is 188 Å². The Hall–Kier alpha value is -3.35. The normalized spacial score (nSPS) is 15.9. The molecule has 0 radical (unpaired) electrons. The first-order chi connectivity index (χ1) is 15.5. The Morgan fingerprint density at radius 3 is 2.56 bits per heavy atom. The maximum atomic E-state index is 13.4. The Balaban J connectivity index is 1.70. The minimum absolute atomic E-state index is 0.179. The van der Waals surface area contributed by atoms with Gasteiger partial charge < -0.3 is 19.7 Å². The fourth-order valence-corrected chi connectivity index (χ4v) is 3.48. The third-order valence-corrected chi connectivity index (χ3v) is 5.14. The third kappa shape index (κ3) is 6.33. The van der Waals surface area contributed by atoms with Crippen molar-refractivity contribution < 1.29 is 23.9 Å². The van der Waals surface area contributed by atoms with Crippen molar-refractivity contribution in [3.8, 4) is 5.75 Å². The summed E-state index contributed by atoms with van der Waals surface area (Å²) in [7, 11) is 0. The smallest absolute Gasteiger partial charge is 0.308 e. The average molecular weight is 439 g/mol. The molecule has 2 amide bonds. The predicted molar refractivity (Wildman–Crippen MR) is 120 cm³/mol. The Kier molecular flexibility index (Phi) is 8.25. The van der Waals surface area contributed by atoms with Gasteiger partial charge in [-0.1, -0.05) is 56.3 Å². The van der Waals surface area contributed by atoms with Crippen molar-refractivity contribution in [2.24, 2.45) is 5.92 Å². The SMILES string of the molecule is CC(C)COC(=O)CC1C(=O)NCCN1C(=O)c1ccccc1OCCc1ccccc1. The summed E-state index contributed by atoms with van der Waals surface area (Å²) in [5, 5.41) is 2.73. The molecule has 1 aliphatic heterocycles. The number of nitrogens with zero attached hydrogens (tertiary/aromatic N) is 1. The van der Waals surface area contributed by atoms with Gasteiger partial charge in [0.2, 0.25) is 5.91 Å². The van der Waals surface area contributed by atoms with Crippen LogP contribution in [-0.2, 0) is 20.7 Å².